The van der Waals surface area contributed by atoms with E-state index in [1.807, 2.05) is 12.1 Å². The van der Waals surface area contributed by atoms with Crippen LogP contribution in [0.25, 0.3) is 0 Å². The van der Waals surface area contributed by atoms with Gasteiger partial charge in [0.1, 0.15) is 0 Å². The predicted octanol–water partition coefficient (Wildman–Crippen LogP) is 3.13. The number of benzene rings is 1. The van der Waals surface area contributed by atoms with Crippen LogP contribution in [0.1, 0.15) is 31.2 Å². The van der Waals surface area contributed by atoms with Gasteiger partial charge in [-0.1, -0.05) is 17.7 Å². The van der Waals surface area contributed by atoms with E-state index >= 15 is 0 Å². The Hall–Kier alpha value is -1.22. The molecule has 1 heterocycles. The summed E-state index contributed by atoms with van der Waals surface area (Å²) >= 11 is 6.23. The van der Waals surface area contributed by atoms with Gasteiger partial charge < -0.3 is 10.0 Å². The molecule has 92 valence electrons. The first-order valence-corrected chi connectivity index (χ1v) is 6.26. The molecular weight excluding hydrogens is 238 g/mol. The number of carboxylic acids is 1. The molecule has 1 atom stereocenters. The number of carboxylic acid groups (broad SMARTS) is 1. The first-order valence-electron chi connectivity index (χ1n) is 5.88. The molecule has 1 N–H and O–H groups in total. The lowest BCUT2D eigenvalue weighted by Crippen LogP contribution is -2.21. The standard InChI is InChI=1S/C13H16ClNO2/c1-2-15-8-9(6-7-12(16)17)13-10(14)4-3-5-11(13)15/h3-5,9H,2,6-8H2,1H3,(H,16,17). The van der Waals surface area contributed by atoms with Gasteiger partial charge in [-0.2, -0.15) is 0 Å². The number of rotatable bonds is 4. The van der Waals surface area contributed by atoms with Gasteiger partial charge in [0.15, 0.2) is 0 Å². The van der Waals surface area contributed by atoms with Crippen LogP contribution in [0.15, 0.2) is 18.2 Å². The first kappa shape index (κ1) is 12.2. The fourth-order valence-electron chi connectivity index (χ4n) is 2.49. The minimum atomic E-state index is -0.742. The second-order valence-corrected chi connectivity index (χ2v) is 4.75. The number of anilines is 1. The fourth-order valence-corrected chi connectivity index (χ4v) is 2.82. The smallest absolute Gasteiger partial charge is 0.303 e. The molecule has 0 saturated carbocycles. The van der Waals surface area contributed by atoms with E-state index in [2.05, 4.69) is 17.9 Å². The van der Waals surface area contributed by atoms with Gasteiger partial charge >= 0.3 is 5.97 Å². The third-order valence-electron chi connectivity index (χ3n) is 3.31. The summed E-state index contributed by atoms with van der Waals surface area (Å²) in [6, 6.07) is 5.89. The minimum absolute atomic E-state index is 0.201. The maximum absolute atomic E-state index is 10.7. The topological polar surface area (TPSA) is 40.5 Å². The molecule has 1 aliphatic rings. The first-order chi connectivity index (χ1) is 8.13. The Labute approximate surface area is 106 Å². The van der Waals surface area contributed by atoms with Crippen molar-refractivity contribution in [2.45, 2.75) is 25.7 Å². The maximum atomic E-state index is 10.7. The molecule has 0 bridgehead atoms. The largest absolute Gasteiger partial charge is 0.481 e. The molecule has 0 radical (unpaired) electrons. The quantitative estimate of drug-likeness (QED) is 0.896. The van der Waals surface area contributed by atoms with E-state index in [-0.39, 0.29) is 12.3 Å². The number of likely N-dealkylation sites (N-methyl/N-ethyl adjacent to an activating group) is 1. The van der Waals surface area contributed by atoms with Gasteiger partial charge in [-0.25, -0.2) is 0 Å². The van der Waals surface area contributed by atoms with Crippen LogP contribution < -0.4 is 4.90 Å². The highest BCUT2D eigenvalue weighted by Crippen LogP contribution is 2.42. The number of hydrogen-bond acceptors (Lipinski definition) is 2. The molecule has 4 heteroatoms. The monoisotopic (exact) mass is 253 g/mol. The zero-order valence-electron chi connectivity index (χ0n) is 9.82. The Balaban J connectivity index is 2.25. The molecule has 1 aliphatic heterocycles. The van der Waals surface area contributed by atoms with E-state index in [1.165, 1.54) is 0 Å². The van der Waals surface area contributed by atoms with Gasteiger partial charge in [0.25, 0.3) is 0 Å². The number of hydrogen-bond donors (Lipinski definition) is 1. The lowest BCUT2D eigenvalue weighted by molar-refractivity contribution is -0.137. The van der Waals surface area contributed by atoms with Gasteiger partial charge in [0.05, 0.1) is 0 Å². The summed E-state index contributed by atoms with van der Waals surface area (Å²) in [5.41, 5.74) is 2.28. The molecule has 1 unspecified atom stereocenters. The fraction of sp³-hybridized carbons (Fsp3) is 0.462. The Morgan fingerprint density at radius 3 is 3.00 bits per heavy atom. The average molecular weight is 254 g/mol. The average Bonchev–Trinajstić information content (AvgIpc) is 2.66. The molecule has 2 rings (SSSR count). The van der Waals surface area contributed by atoms with Crippen molar-refractivity contribution in [3.05, 3.63) is 28.8 Å². The van der Waals surface area contributed by atoms with E-state index in [1.54, 1.807) is 0 Å². The molecule has 1 aromatic rings. The zero-order valence-corrected chi connectivity index (χ0v) is 10.6. The Bertz CT molecular complexity index is 433. The van der Waals surface area contributed by atoms with Gasteiger partial charge in [-0.3, -0.25) is 4.79 Å². The number of nitrogens with zero attached hydrogens (tertiary/aromatic N) is 1. The van der Waals surface area contributed by atoms with Crippen LogP contribution in [0, 0.1) is 0 Å². The van der Waals surface area contributed by atoms with E-state index < -0.39 is 5.97 Å². The number of carbonyl (C=O) groups is 1. The van der Waals surface area contributed by atoms with Crippen LogP contribution in [0.5, 0.6) is 0 Å². The number of aliphatic carboxylic acids is 1. The highest BCUT2D eigenvalue weighted by Gasteiger charge is 2.29. The molecule has 0 fully saturated rings. The van der Waals surface area contributed by atoms with Crippen LogP contribution in [0.3, 0.4) is 0 Å². The second kappa shape index (κ2) is 4.96. The summed E-state index contributed by atoms with van der Waals surface area (Å²) in [7, 11) is 0. The normalized spacial score (nSPS) is 18.2. The van der Waals surface area contributed by atoms with Crippen molar-refractivity contribution >= 4 is 23.3 Å². The Morgan fingerprint density at radius 1 is 1.59 bits per heavy atom. The van der Waals surface area contributed by atoms with Crippen molar-refractivity contribution in [2.24, 2.45) is 0 Å². The summed E-state index contributed by atoms with van der Waals surface area (Å²) in [5.74, 6) is -0.497. The lowest BCUT2D eigenvalue weighted by Gasteiger charge is -2.16. The van der Waals surface area contributed by atoms with Crippen LogP contribution in [-0.2, 0) is 4.79 Å². The van der Waals surface area contributed by atoms with Crippen molar-refractivity contribution in [3.63, 3.8) is 0 Å². The third-order valence-corrected chi connectivity index (χ3v) is 3.64. The molecule has 17 heavy (non-hydrogen) atoms. The van der Waals surface area contributed by atoms with Crippen molar-refractivity contribution in [1.29, 1.82) is 0 Å². The van der Waals surface area contributed by atoms with E-state index in [9.17, 15) is 4.79 Å². The number of halogens is 1. The lowest BCUT2D eigenvalue weighted by atomic mass is 9.96. The van der Waals surface area contributed by atoms with Crippen LogP contribution in [-0.4, -0.2) is 24.2 Å². The molecule has 3 nitrogen and oxygen atoms in total. The van der Waals surface area contributed by atoms with Crippen molar-refractivity contribution in [1.82, 2.24) is 0 Å². The van der Waals surface area contributed by atoms with Crippen molar-refractivity contribution in [2.75, 3.05) is 18.0 Å². The Morgan fingerprint density at radius 2 is 2.35 bits per heavy atom. The predicted molar refractivity (Wildman–Crippen MR) is 68.9 cm³/mol. The SMILES string of the molecule is CCN1CC(CCC(=O)O)c2c(Cl)cccc21. The molecule has 0 aliphatic carbocycles. The van der Waals surface area contributed by atoms with Gasteiger partial charge in [-0.15, -0.1) is 0 Å². The molecule has 0 saturated heterocycles. The third kappa shape index (κ3) is 2.39. The zero-order chi connectivity index (χ0) is 12.4. The van der Waals surface area contributed by atoms with E-state index in [0.717, 1.165) is 29.4 Å². The van der Waals surface area contributed by atoms with E-state index in [0.29, 0.717) is 6.42 Å². The second-order valence-electron chi connectivity index (χ2n) is 4.34. The molecule has 0 aromatic heterocycles. The van der Waals surface area contributed by atoms with Gasteiger partial charge in [0.2, 0.25) is 0 Å². The molecule has 0 amide bonds. The summed E-state index contributed by atoms with van der Waals surface area (Å²) in [6.07, 6.45) is 0.857. The molecule has 1 aromatic carbocycles. The van der Waals surface area contributed by atoms with Crippen LogP contribution in [0.2, 0.25) is 5.02 Å². The minimum Gasteiger partial charge on any atom is -0.481 e. The molecule has 0 spiro atoms. The van der Waals surface area contributed by atoms with E-state index in [4.69, 9.17) is 16.7 Å². The summed E-state index contributed by atoms with van der Waals surface area (Å²) in [5, 5.41) is 9.53. The summed E-state index contributed by atoms with van der Waals surface area (Å²) in [4.78, 5) is 12.9. The van der Waals surface area contributed by atoms with Gasteiger partial charge in [0, 0.05) is 36.1 Å². The maximum Gasteiger partial charge on any atom is 0.303 e. The van der Waals surface area contributed by atoms with Crippen molar-refractivity contribution < 1.29 is 9.90 Å². The Kier molecular flexibility index (Phi) is 3.57. The summed E-state index contributed by atoms with van der Waals surface area (Å²) in [6.45, 7) is 3.91. The molecular formula is C13H16ClNO2. The van der Waals surface area contributed by atoms with Crippen LogP contribution >= 0.6 is 11.6 Å². The summed E-state index contributed by atoms with van der Waals surface area (Å²) < 4.78 is 0. The number of fused-ring (bicyclic) bond motifs is 1. The van der Waals surface area contributed by atoms with Crippen molar-refractivity contribution in [3.8, 4) is 0 Å². The van der Waals surface area contributed by atoms with Crippen LogP contribution in [0.4, 0.5) is 5.69 Å². The van der Waals surface area contributed by atoms with Gasteiger partial charge in [-0.05, 0) is 31.0 Å². The highest BCUT2D eigenvalue weighted by molar-refractivity contribution is 6.32. The highest BCUT2D eigenvalue weighted by atomic mass is 35.5.